The summed E-state index contributed by atoms with van der Waals surface area (Å²) < 4.78 is 46.3. The fraction of sp³-hybridized carbons (Fsp3) is 0.472. The fourth-order valence-electron chi connectivity index (χ4n) is 7.20. The van der Waals surface area contributed by atoms with Crippen LogP contribution in [0.3, 0.4) is 0 Å². The van der Waals surface area contributed by atoms with Crippen LogP contribution in [0.15, 0.2) is 59.8 Å². The van der Waals surface area contributed by atoms with Crippen LogP contribution in [0.4, 0.5) is 24.5 Å². The predicted molar refractivity (Wildman–Crippen MR) is 175 cm³/mol. The summed E-state index contributed by atoms with van der Waals surface area (Å²) in [7, 11) is 0. The molecule has 1 saturated carbocycles. The van der Waals surface area contributed by atoms with E-state index in [4.69, 9.17) is 0 Å². The van der Waals surface area contributed by atoms with Gasteiger partial charge >= 0.3 is 0 Å². The molecule has 0 radical (unpaired) electrons. The highest BCUT2D eigenvalue weighted by atomic mass is 19.3. The largest absolute Gasteiger partial charge is 0.369 e. The average Bonchev–Trinajstić information content (AvgIpc) is 3.88. The minimum Gasteiger partial charge on any atom is -0.369 e. The number of anilines is 2. The summed E-state index contributed by atoms with van der Waals surface area (Å²) in [6, 6.07) is 11.6. The minimum absolute atomic E-state index is 0.149. The minimum atomic E-state index is -2.86. The number of alkyl halides is 2. The number of hydrogen-bond donors (Lipinski definition) is 0. The number of aromatic nitrogens is 3. The SMILES string of the molecule is Cc1ccc(N2CCCC(N(Cc3ccnc(C)c3)Cc3cn(C4CC4)c4cc(N5CCCC(F)(F)C5)c(F)cc4c3=O)C2)cn1. The summed E-state index contributed by atoms with van der Waals surface area (Å²) in [5.74, 6) is -3.48. The summed E-state index contributed by atoms with van der Waals surface area (Å²) in [6.45, 7) is 6.62. The second-order valence-corrected chi connectivity index (χ2v) is 13.4. The maximum Gasteiger partial charge on any atom is 0.265 e. The molecule has 0 spiro atoms. The van der Waals surface area contributed by atoms with Crippen molar-refractivity contribution in [2.45, 2.75) is 83.5 Å². The van der Waals surface area contributed by atoms with Crippen molar-refractivity contribution < 1.29 is 13.2 Å². The van der Waals surface area contributed by atoms with Gasteiger partial charge < -0.3 is 14.4 Å². The van der Waals surface area contributed by atoms with Crippen molar-refractivity contribution in [1.29, 1.82) is 0 Å². The quantitative estimate of drug-likeness (QED) is 0.214. The maximum atomic E-state index is 15.7. The Hall–Kier alpha value is -3.92. The number of rotatable bonds is 8. The molecule has 3 aromatic heterocycles. The van der Waals surface area contributed by atoms with Crippen molar-refractivity contribution in [1.82, 2.24) is 19.4 Å². The zero-order valence-corrected chi connectivity index (χ0v) is 26.6. The number of piperidine rings is 2. The molecule has 0 bridgehead atoms. The van der Waals surface area contributed by atoms with Gasteiger partial charge in [0, 0.05) is 86.0 Å². The van der Waals surface area contributed by atoms with Gasteiger partial charge in [0.1, 0.15) is 5.82 Å². The van der Waals surface area contributed by atoms with Gasteiger partial charge in [-0.1, -0.05) is 0 Å². The van der Waals surface area contributed by atoms with Crippen LogP contribution in [0.25, 0.3) is 10.9 Å². The third kappa shape index (κ3) is 6.49. The molecule has 2 aliphatic heterocycles. The maximum absolute atomic E-state index is 15.7. The summed E-state index contributed by atoms with van der Waals surface area (Å²) in [4.78, 5) is 29.2. The lowest BCUT2D eigenvalue weighted by Crippen LogP contribution is -2.48. The molecule has 3 fully saturated rings. The molecule has 10 heteroatoms. The number of hydrogen-bond acceptors (Lipinski definition) is 6. The second-order valence-electron chi connectivity index (χ2n) is 13.4. The van der Waals surface area contributed by atoms with Gasteiger partial charge in [0.2, 0.25) is 0 Å². The van der Waals surface area contributed by atoms with Gasteiger partial charge in [-0.25, -0.2) is 13.2 Å². The van der Waals surface area contributed by atoms with Gasteiger partial charge in [0.15, 0.2) is 5.43 Å². The monoisotopic (exact) mass is 630 g/mol. The molecule has 7 rings (SSSR count). The van der Waals surface area contributed by atoms with Gasteiger partial charge in [0.05, 0.1) is 29.6 Å². The topological polar surface area (TPSA) is 57.5 Å². The molecule has 46 heavy (non-hydrogen) atoms. The van der Waals surface area contributed by atoms with Crippen LogP contribution in [-0.2, 0) is 13.1 Å². The van der Waals surface area contributed by atoms with Gasteiger partial charge in [0.25, 0.3) is 5.92 Å². The first kappa shape index (κ1) is 30.7. The summed E-state index contributed by atoms with van der Waals surface area (Å²) >= 11 is 0. The van der Waals surface area contributed by atoms with E-state index < -0.39 is 18.3 Å². The number of aryl methyl sites for hydroxylation is 2. The predicted octanol–water partition coefficient (Wildman–Crippen LogP) is 6.79. The molecular weight excluding hydrogens is 589 g/mol. The molecule has 1 atom stereocenters. The third-order valence-corrected chi connectivity index (χ3v) is 9.74. The van der Waals surface area contributed by atoms with E-state index in [1.165, 1.54) is 11.0 Å². The second kappa shape index (κ2) is 12.4. The number of nitrogens with zero attached hydrogens (tertiary/aromatic N) is 6. The van der Waals surface area contributed by atoms with E-state index in [1.54, 1.807) is 6.07 Å². The van der Waals surface area contributed by atoms with E-state index in [2.05, 4.69) is 36.5 Å². The molecule has 5 heterocycles. The van der Waals surface area contributed by atoms with Crippen molar-refractivity contribution in [2.75, 3.05) is 36.0 Å². The first-order chi connectivity index (χ1) is 22.1. The highest BCUT2D eigenvalue weighted by Gasteiger charge is 2.37. The third-order valence-electron chi connectivity index (χ3n) is 9.74. The molecule has 0 amide bonds. The molecule has 4 aromatic rings. The molecular formula is C36H41F3N6O. The Bertz CT molecular complexity index is 1790. The number of benzene rings is 1. The van der Waals surface area contributed by atoms with Crippen LogP contribution >= 0.6 is 0 Å². The Balaban J connectivity index is 1.25. The molecule has 0 N–H and O–H groups in total. The van der Waals surface area contributed by atoms with Crippen molar-refractivity contribution in [3.63, 3.8) is 0 Å². The first-order valence-corrected chi connectivity index (χ1v) is 16.5. The molecule has 1 aromatic carbocycles. The average molecular weight is 631 g/mol. The normalized spacial score (nSPS) is 20.1. The molecule has 1 aliphatic carbocycles. The number of halogens is 3. The van der Waals surface area contributed by atoms with Gasteiger partial charge in [-0.3, -0.25) is 19.7 Å². The first-order valence-electron chi connectivity index (χ1n) is 16.5. The molecule has 3 aliphatic rings. The lowest BCUT2D eigenvalue weighted by atomic mass is 10.0. The fourth-order valence-corrected chi connectivity index (χ4v) is 7.20. The Morgan fingerprint density at radius 1 is 0.957 bits per heavy atom. The Morgan fingerprint density at radius 2 is 1.78 bits per heavy atom. The highest BCUT2D eigenvalue weighted by Crippen LogP contribution is 2.39. The van der Waals surface area contributed by atoms with Crippen LogP contribution in [0.1, 0.15) is 67.1 Å². The van der Waals surface area contributed by atoms with Gasteiger partial charge in [-0.05, 0) is 87.9 Å². The van der Waals surface area contributed by atoms with Gasteiger partial charge in [-0.2, -0.15) is 0 Å². The van der Waals surface area contributed by atoms with Crippen molar-refractivity contribution >= 4 is 22.3 Å². The van der Waals surface area contributed by atoms with Crippen molar-refractivity contribution in [3.05, 3.63) is 93.5 Å². The van der Waals surface area contributed by atoms with Crippen molar-refractivity contribution in [2.24, 2.45) is 0 Å². The van der Waals surface area contributed by atoms with E-state index in [9.17, 15) is 13.6 Å². The van der Waals surface area contributed by atoms with Crippen LogP contribution in [0, 0.1) is 19.7 Å². The lowest BCUT2D eigenvalue weighted by molar-refractivity contribution is -0.0117. The van der Waals surface area contributed by atoms with Crippen LogP contribution < -0.4 is 15.2 Å². The van der Waals surface area contributed by atoms with Crippen LogP contribution in [0.2, 0.25) is 0 Å². The van der Waals surface area contributed by atoms with E-state index in [1.807, 2.05) is 44.6 Å². The molecule has 7 nitrogen and oxygen atoms in total. The van der Waals surface area contributed by atoms with Crippen molar-refractivity contribution in [3.8, 4) is 0 Å². The van der Waals surface area contributed by atoms with E-state index in [-0.39, 0.29) is 29.6 Å². The summed E-state index contributed by atoms with van der Waals surface area (Å²) in [6.07, 6.45) is 9.74. The Morgan fingerprint density at radius 3 is 2.52 bits per heavy atom. The molecule has 2 saturated heterocycles. The zero-order chi connectivity index (χ0) is 32.0. The van der Waals surface area contributed by atoms with Gasteiger partial charge in [-0.15, -0.1) is 0 Å². The van der Waals surface area contributed by atoms with Crippen LogP contribution in [0.5, 0.6) is 0 Å². The van der Waals surface area contributed by atoms with E-state index in [0.29, 0.717) is 42.5 Å². The molecule has 242 valence electrons. The summed E-state index contributed by atoms with van der Waals surface area (Å²) in [5.41, 5.74) is 5.32. The Kier molecular flexibility index (Phi) is 8.25. The summed E-state index contributed by atoms with van der Waals surface area (Å²) in [5, 5.41) is 0.310. The van der Waals surface area contributed by atoms with Crippen LogP contribution in [-0.4, -0.2) is 57.6 Å². The van der Waals surface area contributed by atoms with E-state index >= 15 is 4.39 Å². The standard InChI is InChI=1S/C36H41F3N6O/c1-24-6-7-29(18-41-24)42-13-3-5-30(22-42)44(19-26-10-12-40-25(2)15-26)20-27-21-45(28-8-9-28)33-17-34(32(37)16-31(33)35(27)46)43-14-4-11-36(38,39)23-43/h6-7,10,12,15-18,21,28,30H,3-5,8-9,11,13-14,19-20,22-23H2,1-2H3. The number of fused-ring (bicyclic) bond motifs is 1. The molecule has 1 unspecified atom stereocenters. The smallest absolute Gasteiger partial charge is 0.265 e. The lowest BCUT2D eigenvalue weighted by Gasteiger charge is -2.40. The van der Waals surface area contributed by atoms with E-state index in [0.717, 1.165) is 61.4 Å². The Labute approximate surface area is 267 Å². The zero-order valence-electron chi connectivity index (χ0n) is 26.6. The highest BCUT2D eigenvalue weighted by molar-refractivity contribution is 5.84. The number of pyridine rings is 3.